The molecule has 0 bridgehead atoms. The number of Topliss-reactive ketones (excluding diaryl/α,β-unsaturated/α-hetero) is 1. The van der Waals surface area contributed by atoms with E-state index in [1.165, 1.54) is 12.8 Å². The lowest BCUT2D eigenvalue weighted by atomic mass is 9.87. The quantitative estimate of drug-likeness (QED) is 0.752. The molecule has 0 spiro atoms. The number of carbonyl (C=O) groups excluding carboxylic acids is 1. The standard InChI is InChI=1S/C14H21NO2/c1-11(2)12-5-7-15(8-6-12)10-13(16)14-4-3-9-17-14/h3-4,9,11-12H,5-8,10H2,1-2H3. The van der Waals surface area contributed by atoms with Gasteiger partial charge < -0.3 is 4.42 Å². The Hall–Kier alpha value is -1.09. The minimum Gasteiger partial charge on any atom is -0.461 e. The summed E-state index contributed by atoms with van der Waals surface area (Å²) in [7, 11) is 0. The lowest BCUT2D eigenvalue weighted by Gasteiger charge is -2.33. The number of carbonyl (C=O) groups is 1. The first-order valence-electron chi connectivity index (χ1n) is 6.46. The molecule has 1 aromatic rings. The highest BCUT2D eigenvalue weighted by Gasteiger charge is 2.23. The third-order valence-corrected chi connectivity index (χ3v) is 3.74. The van der Waals surface area contributed by atoms with Gasteiger partial charge in [0.15, 0.2) is 5.76 Å². The second-order valence-corrected chi connectivity index (χ2v) is 5.26. The highest BCUT2D eigenvalue weighted by atomic mass is 16.3. The summed E-state index contributed by atoms with van der Waals surface area (Å²) in [6, 6.07) is 3.50. The first-order valence-corrected chi connectivity index (χ1v) is 6.46. The zero-order valence-corrected chi connectivity index (χ0v) is 10.7. The van der Waals surface area contributed by atoms with Gasteiger partial charge in [-0.25, -0.2) is 0 Å². The molecule has 17 heavy (non-hydrogen) atoms. The lowest BCUT2D eigenvalue weighted by molar-refractivity contribution is 0.0853. The van der Waals surface area contributed by atoms with Gasteiger partial charge in [0, 0.05) is 0 Å². The second kappa shape index (κ2) is 5.50. The minimum absolute atomic E-state index is 0.0954. The molecule has 2 rings (SSSR count). The third kappa shape index (κ3) is 3.19. The van der Waals surface area contributed by atoms with Gasteiger partial charge >= 0.3 is 0 Å². The summed E-state index contributed by atoms with van der Waals surface area (Å²) in [5.41, 5.74) is 0. The van der Waals surface area contributed by atoms with Crippen LogP contribution in [-0.4, -0.2) is 30.3 Å². The van der Waals surface area contributed by atoms with Crippen LogP contribution >= 0.6 is 0 Å². The van der Waals surface area contributed by atoms with E-state index in [0.717, 1.165) is 24.9 Å². The van der Waals surface area contributed by atoms with Crippen LogP contribution < -0.4 is 0 Å². The van der Waals surface area contributed by atoms with E-state index in [9.17, 15) is 4.79 Å². The summed E-state index contributed by atoms with van der Waals surface area (Å²) in [4.78, 5) is 14.1. The molecule has 0 atom stereocenters. The van der Waals surface area contributed by atoms with E-state index in [2.05, 4.69) is 18.7 Å². The van der Waals surface area contributed by atoms with Crippen LogP contribution in [0.3, 0.4) is 0 Å². The molecule has 1 saturated heterocycles. The molecule has 0 radical (unpaired) electrons. The maximum Gasteiger partial charge on any atom is 0.211 e. The zero-order valence-electron chi connectivity index (χ0n) is 10.7. The van der Waals surface area contributed by atoms with Crippen molar-refractivity contribution < 1.29 is 9.21 Å². The maximum atomic E-state index is 11.9. The Labute approximate surface area is 103 Å². The number of furan rings is 1. The van der Waals surface area contributed by atoms with Gasteiger partial charge in [0.05, 0.1) is 12.8 Å². The summed E-state index contributed by atoms with van der Waals surface area (Å²) < 4.78 is 5.12. The molecular formula is C14H21NO2. The molecule has 3 nitrogen and oxygen atoms in total. The van der Waals surface area contributed by atoms with Crippen LogP contribution in [0.4, 0.5) is 0 Å². The maximum absolute atomic E-state index is 11.9. The van der Waals surface area contributed by atoms with Crippen LogP contribution in [0.15, 0.2) is 22.8 Å². The van der Waals surface area contributed by atoms with E-state index < -0.39 is 0 Å². The number of hydrogen-bond donors (Lipinski definition) is 0. The number of likely N-dealkylation sites (tertiary alicyclic amines) is 1. The van der Waals surface area contributed by atoms with Crippen molar-refractivity contribution in [1.29, 1.82) is 0 Å². The van der Waals surface area contributed by atoms with Crippen molar-refractivity contribution in [3.8, 4) is 0 Å². The number of piperidine rings is 1. The number of hydrogen-bond acceptors (Lipinski definition) is 3. The Balaban J connectivity index is 1.80. The summed E-state index contributed by atoms with van der Waals surface area (Å²) in [5, 5.41) is 0. The molecule has 0 saturated carbocycles. The van der Waals surface area contributed by atoms with Crippen LogP contribution in [0.2, 0.25) is 0 Å². The van der Waals surface area contributed by atoms with E-state index in [4.69, 9.17) is 4.42 Å². The summed E-state index contributed by atoms with van der Waals surface area (Å²) >= 11 is 0. The Morgan fingerprint density at radius 1 is 1.47 bits per heavy atom. The monoisotopic (exact) mass is 235 g/mol. The molecule has 94 valence electrons. The predicted octanol–water partition coefficient (Wildman–Crippen LogP) is 2.83. The van der Waals surface area contributed by atoms with Gasteiger partial charge in [-0.3, -0.25) is 9.69 Å². The fourth-order valence-corrected chi connectivity index (χ4v) is 2.50. The fraction of sp³-hybridized carbons (Fsp3) is 0.643. The van der Waals surface area contributed by atoms with E-state index in [0.29, 0.717) is 12.3 Å². The van der Waals surface area contributed by atoms with Gasteiger partial charge in [-0.05, 0) is 49.9 Å². The summed E-state index contributed by atoms with van der Waals surface area (Å²) in [6.45, 7) is 7.14. The van der Waals surface area contributed by atoms with Crippen molar-refractivity contribution in [1.82, 2.24) is 4.90 Å². The zero-order chi connectivity index (χ0) is 12.3. The van der Waals surface area contributed by atoms with Crippen molar-refractivity contribution in [3.63, 3.8) is 0 Å². The highest BCUT2D eigenvalue weighted by Crippen LogP contribution is 2.24. The van der Waals surface area contributed by atoms with Crippen LogP contribution in [-0.2, 0) is 0 Å². The summed E-state index contributed by atoms with van der Waals surface area (Å²) in [5.74, 6) is 2.16. The molecule has 0 amide bonds. The van der Waals surface area contributed by atoms with Crippen molar-refractivity contribution >= 4 is 5.78 Å². The van der Waals surface area contributed by atoms with Crippen molar-refractivity contribution in [2.24, 2.45) is 11.8 Å². The number of rotatable bonds is 4. The molecule has 1 aromatic heterocycles. The average molecular weight is 235 g/mol. The van der Waals surface area contributed by atoms with E-state index in [1.807, 2.05) is 0 Å². The first kappa shape index (κ1) is 12.4. The highest BCUT2D eigenvalue weighted by molar-refractivity contribution is 5.94. The van der Waals surface area contributed by atoms with Crippen LogP contribution in [0.5, 0.6) is 0 Å². The van der Waals surface area contributed by atoms with E-state index in [1.54, 1.807) is 18.4 Å². The van der Waals surface area contributed by atoms with E-state index >= 15 is 0 Å². The third-order valence-electron chi connectivity index (χ3n) is 3.74. The fourth-order valence-electron chi connectivity index (χ4n) is 2.50. The van der Waals surface area contributed by atoms with Crippen molar-refractivity contribution in [3.05, 3.63) is 24.2 Å². The van der Waals surface area contributed by atoms with Crippen LogP contribution in [0, 0.1) is 11.8 Å². The summed E-state index contributed by atoms with van der Waals surface area (Å²) in [6.07, 6.45) is 3.98. The van der Waals surface area contributed by atoms with Gasteiger partial charge in [0.1, 0.15) is 0 Å². The molecule has 1 aliphatic heterocycles. The molecule has 2 heterocycles. The normalized spacial score (nSPS) is 18.8. The number of ketones is 1. The molecule has 0 unspecified atom stereocenters. The van der Waals surface area contributed by atoms with Crippen LogP contribution in [0.1, 0.15) is 37.2 Å². The molecule has 3 heteroatoms. The van der Waals surface area contributed by atoms with Crippen LogP contribution in [0.25, 0.3) is 0 Å². The minimum atomic E-state index is 0.0954. The topological polar surface area (TPSA) is 33.5 Å². The van der Waals surface area contributed by atoms with Gasteiger partial charge in [-0.15, -0.1) is 0 Å². The molecule has 1 fully saturated rings. The second-order valence-electron chi connectivity index (χ2n) is 5.26. The Kier molecular flexibility index (Phi) is 4.00. The molecule has 0 N–H and O–H groups in total. The Morgan fingerprint density at radius 3 is 2.71 bits per heavy atom. The Bertz CT molecular complexity index is 348. The first-order chi connectivity index (χ1) is 8.16. The SMILES string of the molecule is CC(C)C1CCN(CC(=O)c2ccco2)CC1. The molecule has 1 aliphatic rings. The molecule has 0 aromatic carbocycles. The largest absolute Gasteiger partial charge is 0.461 e. The van der Waals surface area contributed by atoms with Gasteiger partial charge in [0.25, 0.3) is 0 Å². The average Bonchev–Trinajstić information content (AvgIpc) is 2.83. The number of nitrogens with zero attached hydrogens (tertiary/aromatic N) is 1. The van der Waals surface area contributed by atoms with Gasteiger partial charge in [-0.1, -0.05) is 13.8 Å². The van der Waals surface area contributed by atoms with Gasteiger partial charge in [0.2, 0.25) is 5.78 Å². The molecule has 0 aliphatic carbocycles. The van der Waals surface area contributed by atoms with Crippen molar-refractivity contribution in [2.45, 2.75) is 26.7 Å². The van der Waals surface area contributed by atoms with E-state index in [-0.39, 0.29) is 5.78 Å². The lowest BCUT2D eigenvalue weighted by Crippen LogP contribution is -2.38. The van der Waals surface area contributed by atoms with Crippen molar-refractivity contribution in [2.75, 3.05) is 19.6 Å². The molecular weight excluding hydrogens is 214 g/mol. The Morgan fingerprint density at radius 2 is 2.18 bits per heavy atom. The predicted molar refractivity (Wildman–Crippen MR) is 67.0 cm³/mol. The smallest absolute Gasteiger partial charge is 0.211 e. The van der Waals surface area contributed by atoms with Gasteiger partial charge in [-0.2, -0.15) is 0 Å².